The summed E-state index contributed by atoms with van der Waals surface area (Å²) >= 11 is 6.55. The van der Waals surface area contributed by atoms with E-state index >= 15 is 0 Å². The molecule has 2 aliphatic rings. The smallest absolute Gasteiger partial charge is 0.152 e. The maximum Gasteiger partial charge on any atom is 0.152 e. The lowest BCUT2D eigenvalue weighted by Crippen LogP contribution is -2.39. The Kier molecular flexibility index (Phi) is 5.42. The van der Waals surface area contributed by atoms with Crippen molar-refractivity contribution in [2.45, 2.75) is 25.6 Å². The summed E-state index contributed by atoms with van der Waals surface area (Å²) in [6.07, 6.45) is 3.37. The number of rotatable bonds is 6. The molecule has 3 aromatic rings. The number of anilines is 1. The zero-order valence-corrected chi connectivity index (χ0v) is 18.6. The van der Waals surface area contributed by atoms with E-state index in [1.807, 2.05) is 34.9 Å². The first-order valence-corrected chi connectivity index (χ1v) is 12.7. The summed E-state index contributed by atoms with van der Waals surface area (Å²) in [5.41, 5.74) is 3.69. The van der Waals surface area contributed by atoms with E-state index < -0.39 is 16.1 Å². The molecule has 1 atom stereocenters. The molecule has 2 N–H and O–H groups in total. The first-order chi connectivity index (χ1) is 14.9. The monoisotopic (exact) mass is 460 g/mol. The number of nitrogens with zero attached hydrogens (tertiary/aromatic N) is 3. The molecule has 5 rings (SSSR count). The van der Waals surface area contributed by atoms with Crippen LogP contribution in [-0.2, 0) is 16.4 Å². The van der Waals surface area contributed by atoms with Crippen LogP contribution < -0.4 is 5.32 Å². The molecule has 2 fully saturated rings. The van der Waals surface area contributed by atoms with Crippen molar-refractivity contribution >= 4 is 32.9 Å². The standard InChI is InChI=1S/C22H25ClN4O3S/c23-18-7-8-20-24-19(25-22(28)17-5-6-17)14-27(20)21(18)16-3-1-15(2-4-16)13-26-9-11-31(29,30)12-10-26/h1-4,7-8,14,17,22,25,28H,5-6,9-13H2. The zero-order chi connectivity index (χ0) is 21.6. The van der Waals surface area contributed by atoms with Gasteiger partial charge in [-0.15, -0.1) is 0 Å². The van der Waals surface area contributed by atoms with E-state index in [1.165, 1.54) is 0 Å². The number of pyridine rings is 1. The second kappa shape index (κ2) is 8.09. The average Bonchev–Trinajstić information content (AvgIpc) is 3.51. The Bertz CT molecular complexity index is 1190. The van der Waals surface area contributed by atoms with Crippen LogP contribution in [0.3, 0.4) is 0 Å². The minimum atomic E-state index is -2.87. The second-order valence-electron chi connectivity index (χ2n) is 8.44. The van der Waals surface area contributed by atoms with Crippen molar-refractivity contribution in [3.8, 4) is 11.3 Å². The number of hydrogen-bond acceptors (Lipinski definition) is 6. The van der Waals surface area contributed by atoms with Gasteiger partial charge in [-0.1, -0.05) is 35.9 Å². The normalized spacial score (nSPS) is 20.1. The van der Waals surface area contributed by atoms with Crippen molar-refractivity contribution in [1.29, 1.82) is 0 Å². The number of aliphatic hydroxyl groups is 1. The molecule has 0 bridgehead atoms. The molecule has 1 aliphatic heterocycles. The summed E-state index contributed by atoms with van der Waals surface area (Å²) in [7, 11) is -2.87. The lowest BCUT2D eigenvalue weighted by Gasteiger charge is -2.26. The molecule has 1 aromatic carbocycles. The van der Waals surface area contributed by atoms with Crippen molar-refractivity contribution in [1.82, 2.24) is 14.3 Å². The molecule has 31 heavy (non-hydrogen) atoms. The molecule has 1 saturated heterocycles. The summed E-state index contributed by atoms with van der Waals surface area (Å²) in [4.78, 5) is 6.74. The second-order valence-corrected chi connectivity index (χ2v) is 11.1. The van der Waals surface area contributed by atoms with E-state index in [-0.39, 0.29) is 11.5 Å². The fourth-order valence-corrected chi connectivity index (χ4v) is 5.54. The largest absolute Gasteiger partial charge is 0.373 e. The van der Waals surface area contributed by atoms with Crippen molar-refractivity contribution in [3.63, 3.8) is 0 Å². The van der Waals surface area contributed by atoms with Crippen LogP contribution in [0.15, 0.2) is 42.6 Å². The molecule has 1 aliphatic carbocycles. The highest BCUT2D eigenvalue weighted by atomic mass is 35.5. The number of fused-ring (bicyclic) bond motifs is 1. The van der Waals surface area contributed by atoms with E-state index in [1.54, 1.807) is 0 Å². The minimum Gasteiger partial charge on any atom is -0.373 e. The number of aliphatic hydroxyl groups excluding tert-OH is 1. The summed E-state index contributed by atoms with van der Waals surface area (Å²) in [6.45, 7) is 1.88. The quantitative estimate of drug-likeness (QED) is 0.550. The Labute approximate surface area is 186 Å². The number of hydrogen-bond donors (Lipinski definition) is 2. The topological polar surface area (TPSA) is 86.9 Å². The van der Waals surface area contributed by atoms with Gasteiger partial charge in [0.15, 0.2) is 9.84 Å². The third kappa shape index (κ3) is 4.57. The molecule has 0 radical (unpaired) electrons. The van der Waals surface area contributed by atoms with Crippen LogP contribution in [0, 0.1) is 5.92 Å². The number of halogens is 1. The summed E-state index contributed by atoms with van der Waals surface area (Å²) in [6, 6.07) is 11.9. The van der Waals surface area contributed by atoms with Crippen LogP contribution in [0.5, 0.6) is 0 Å². The summed E-state index contributed by atoms with van der Waals surface area (Å²) in [5, 5.41) is 13.9. The SMILES string of the molecule is O=S1(=O)CCN(Cc2ccc(-c3c(Cl)ccc4nc(NC(O)C5CC5)cn34)cc2)CC1. The maximum absolute atomic E-state index is 11.6. The Morgan fingerprint density at radius 1 is 1.13 bits per heavy atom. The van der Waals surface area contributed by atoms with Gasteiger partial charge in [0.1, 0.15) is 17.7 Å². The molecule has 2 aromatic heterocycles. The van der Waals surface area contributed by atoms with Crippen molar-refractivity contribution in [2.24, 2.45) is 5.92 Å². The van der Waals surface area contributed by atoms with Crippen LogP contribution in [0.1, 0.15) is 18.4 Å². The lowest BCUT2D eigenvalue weighted by molar-refractivity contribution is 0.179. The first-order valence-electron chi connectivity index (χ1n) is 10.5. The highest BCUT2D eigenvalue weighted by molar-refractivity contribution is 7.91. The van der Waals surface area contributed by atoms with Gasteiger partial charge in [-0.25, -0.2) is 13.4 Å². The Morgan fingerprint density at radius 2 is 1.84 bits per heavy atom. The highest BCUT2D eigenvalue weighted by Gasteiger charge is 2.30. The van der Waals surface area contributed by atoms with Crippen molar-refractivity contribution in [3.05, 3.63) is 53.2 Å². The lowest BCUT2D eigenvalue weighted by atomic mass is 10.1. The van der Waals surface area contributed by atoms with Crippen molar-refractivity contribution in [2.75, 3.05) is 29.9 Å². The van der Waals surface area contributed by atoms with E-state index in [0.717, 1.165) is 41.9 Å². The van der Waals surface area contributed by atoms with Crippen LogP contribution in [0.4, 0.5) is 5.82 Å². The van der Waals surface area contributed by atoms with Gasteiger partial charge in [0.2, 0.25) is 0 Å². The number of imidazole rings is 1. The molecule has 9 heteroatoms. The van der Waals surface area contributed by atoms with Gasteiger partial charge in [0.25, 0.3) is 0 Å². The third-order valence-corrected chi connectivity index (χ3v) is 7.93. The molecular weight excluding hydrogens is 436 g/mol. The maximum atomic E-state index is 11.6. The summed E-state index contributed by atoms with van der Waals surface area (Å²) < 4.78 is 25.2. The fourth-order valence-electron chi connectivity index (χ4n) is 4.00. The average molecular weight is 461 g/mol. The predicted octanol–water partition coefficient (Wildman–Crippen LogP) is 3.03. The first kappa shape index (κ1) is 20.8. The van der Waals surface area contributed by atoms with Crippen LogP contribution in [-0.4, -0.2) is 58.6 Å². The minimum absolute atomic E-state index is 0.231. The Balaban J connectivity index is 1.37. The number of benzene rings is 1. The molecular formula is C22H25ClN4O3S. The molecule has 0 spiro atoms. The Hall–Kier alpha value is -2.13. The zero-order valence-electron chi connectivity index (χ0n) is 17.0. The van der Waals surface area contributed by atoms with E-state index in [2.05, 4.69) is 27.3 Å². The fraction of sp³-hybridized carbons (Fsp3) is 0.409. The van der Waals surface area contributed by atoms with Gasteiger partial charge in [0, 0.05) is 31.1 Å². The van der Waals surface area contributed by atoms with E-state index in [0.29, 0.717) is 29.8 Å². The molecule has 1 unspecified atom stereocenters. The summed E-state index contributed by atoms with van der Waals surface area (Å²) in [5.74, 6) is 1.39. The molecule has 7 nitrogen and oxygen atoms in total. The molecule has 0 amide bonds. The third-order valence-electron chi connectivity index (χ3n) is 6.01. The molecule has 1 saturated carbocycles. The van der Waals surface area contributed by atoms with Crippen LogP contribution >= 0.6 is 11.6 Å². The van der Waals surface area contributed by atoms with Gasteiger partial charge in [-0.2, -0.15) is 0 Å². The number of nitrogens with one attached hydrogen (secondary N) is 1. The molecule has 3 heterocycles. The van der Waals surface area contributed by atoms with Gasteiger partial charge in [-0.3, -0.25) is 9.30 Å². The number of aromatic nitrogens is 2. The van der Waals surface area contributed by atoms with Crippen LogP contribution in [0.25, 0.3) is 16.9 Å². The number of sulfone groups is 1. The van der Waals surface area contributed by atoms with Gasteiger partial charge in [0.05, 0.1) is 28.4 Å². The van der Waals surface area contributed by atoms with Gasteiger partial charge in [-0.05, 0) is 30.5 Å². The molecule has 164 valence electrons. The predicted molar refractivity (Wildman–Crippen MR) is 122 cm³/mol. The van der Waals surface area contributed by atoms with E-state index in [9.17, 15) is 13.5 Å². The van der Waals surface area contributed by atoms with Crippen LogP contribution in [0.2, 0.25) is 5.02 Å². The highest BCUT2D eigenvalue weighted by Crippen LogP contribution is 2.34. The van der Waals surface area contributed by atoms with Crippen molar-refractivity contribution < 1.29 is 13.5 Å². The Morgan fingerprint density at radius 3 is 2.52 bits per heavy atom. The van der Waals surface area contributed by atoms with Gasteiger partial charge < -0.3 is 10.4 Å². The van der Waals surface area contributed by atoms with Gasteiger partial charge >= 0.3 is 0 Å². The van der Waals surface area contributed by atoms with E-state index in [4.69, 9.17) is 11.6 Å².